The number of nitrogens with two attached hydrogens (primary N) is 1. The topological polar surface area (TPSA) is 107 Å². The summed E-state index contributed by atoms with van der Waals surface area (Å²) in [6.45, 7) is 5.90. The number of anilines is 1. The van der Waals surface area contributed by atoms with Gasteiger partial charge in [0.2, 0.25) is 5.88 Å². The van der Waals surface area contributed by atoms with Crippen LogP contribution in [0.1, 0.15) is 38.6 Å². The SMILES string of the molecule is C.COc1cc(-c2nc(CO)c(N3CCC4(CC3)CO[C@@H](C)[C@H]4N)nc2C)c(Cl)c(Cl)n1. The van der Waals surface area contributed by atoms with Crippen molar-refractivity contribution in [1.29, 1.82) is 0 Å². The predicted octanol–water partition coefficient (Wildman–Crippen LogP) is 3.62. The molecule has 0 unspecified atom stereocenters. The Kier molecular flexibility index (Phi) is 7.51. The van der Waals surface area contributed by atoms with E-state index in [1.807, 2.05) is 13.8 Å². The van der Waals surface area contributed by atoms with Gasteiger partial charge in [-0.2, -0.15) is 4.98 Å². The van der Waals surface area contributed by atoms with Gasteiger partial charge in [-0.1, -0.05) is 30.6 Å². The van der Waals surface area contributed by atoms with Crippen LogP contribution in [0.5, 0.6) is 5.88 Å². The summed E-state index contributed by atoms with van der Waals surface area (Å²) in [6.07, 6.45) is 1.90. The van der Waals surface area contributed by atoms with Gasteiger partial charge in [-0.05, 0) is 26.7 Å². The quantitative estimate of drug-likeness (QED) is 0.634. The molecule has 4 rings (SSSR count). The molecule has 0 amide bonds. The van der Waals surface area contributed by atoms with E-state index in [9.17, 15) is 5.11 Å². The van der Waals surface area contributed by atoms with E-state index >= 15 is 0 Å². The van der Waals surface area contributed by atoms with Gasteiger partial charge in [-0.25, -0.2) is 9.97 Å². The molecular formula is C22H31Cl2N5O3. The van der Waals surface area contributed by atoms with Crippen LogP contribution < -0.4 is 15.4 Å². The number of aliphatic hydroxyl groups excluding tert-OH is 1. The lowest BCUT2D eigenvalue weighted by atomic mass is 9.73. The van der Waals surface area contributed by atoms with E-state index in [-0.39, 0.29) is 41.8 Å². The summed E-state index contributed by atoms with van der Waals surface area (Å²) in [6, 6.07) is 1.70. The molecule has 0 saturated carbocycles. The highest BCUT2D eigenvalue weighted by Crippen LogP contribution is 2.42. The molecule has 0 bridgehead atoms. The summed E-state index contributed by atoms with van der Waals surface area (Å²) in [7, 11) is 1.50. The highest BCUT2D eigenvalue weighted by molar-refractivity contribution is 6.43. The van der Waals surface area contributed by atoms with Crippen LogP contribution >= 0.6 is 23.2 Å². The number of halogens is 2. The molecule has 0 aliphatic carbocycles. The largest absolute Gasteiger partial charge is 0.481 e. The van der Waals surface area contributed by atoms with Crippen LogP contribution in [0.3, 0.4) is 0 Å². The van der Waals surface area contributed by atoms with Gasteiger partial charge in [0.05, 0.1) is 42.8 Å². The number of hydrogen-bond acceptors (Lipinski definition) is 8. The Hall–Kier alpha value is -1.71. The fourth-order valence-electron chi connectivity index (χ4n) is 4.55. The number of piperidine rings is 1. The van der Waals surface area contributed by atoms with E-state index in [2.05, 4.69) is 9.88 Å². The Morgan fingerprint density at radius 2 is 1.97 bits per heavy atom. The zero-order chi connectivity index (χ0) is 22.3. The molecule has 1 spiro atoms. The van der Waals surface area contributed by atoms with Crippen molar-refractivity contribution in [3.63, 3.8) is 0 Å². The van der Waals surface area contributed by atoms with Crippen molar-refractivity contribution >= 4 is 29.0 Å². The average Bonchev–Trinajstić information content (AvgIpc) is 3.04. The fourth-order valence-corrected chi connectivity index (χ4v) is 4.92. The Bertz CT molecular complexity index is 983. The second-order valence-electron chi connectivity index (χ2n) is 8.29. The zero-order valence-corrected chi connectivity index (χ0v) is 19.4. The van der Waals surface area contributed by atoms with E-state index in [4.69, 9.17) is 48.4 Å². The van der Waals surface area contributed by atoms with Crippen LogP contribution in [0.25, 0.3) is 11.3 Å². The number of nitrogens with zero attached hydrogens (tertiary/aromatic N) is 4. The molecule has 2 atom stereocenters. The first-order chi connectivity index (χ1) is 14.8. The van der Waals surface area contributed by atoms with Gasteiger partial charge >= 0.3 is 0 Å². The third-order valence-electron chi connectivity index (χ3n) is 6.53. The van der Waals surface area contributed by atoms with Crippen LogP contribution in [-0.4, -0.2) is 59.0 Å². The second-order valence-corrected chi connectivity index (χ2v) is 9.03. The minimum absolute atomic E-state index is 0. The molecule has 0 radical (unpaired) electrons. The maximum atomic E-state index is 10.1. The van der Waals surface area contributed by atoms with Crippen molar-refractivity contribution in [2.45, 2.75) is 52.9 Å². The van der Waals surface area contributed by atoms with Crippen LogP contribution in [0.4, 0.5) is 5.82 Å². The van der Waals surface area contributed by atoms with Crippen LogP contribution in [0.15, 0.2) is 6.07 Å². The smallest absolute Gasteiger partial charge is 0.215 e. The predicted molar refractivity (Wildman–Crippen MR) is 126 cm³/mol. The second kappa shape index (κ2) is 9.65. The molecule has 4 heterocycles. The van der Waals surface area contributed by atoms with Gasteiger partial charge in [0.15, 0.2) is 11.0 Å². The van der Waals surface area contributed by atoms with Gasteiger partial charge in [0.1, 0.15) is 5.69 Å². The van der Waals surface area contributed by atoms with Crippen molar-refractivity contribution in [2.24, 2.45) is 11.1 Å². The number of pyridine rings is 1. The molecule has 176 valence electrons. The Labute approximate surface area is 199 Å². The standard InChI is InChI=1S/C21H27Cl2N5O3.CH4/c1-11-17(13-8-15(30-3)27-19(23)16(13)22)26-14(9-29)20(25-11)28-6-4-21(5-7-28)10-31-12(2)18(21)24;/h8,12,18,29H,4-7,9-10,24H2,1-3H3;1H4/t12-,18+;/m0./s1. The molecule has 2 saturated heterocycles. The first-order valence-corrected chi connectivity index (χ1v) is 11.1. The van der Waals surface area contributed by atoms with Crippen molar-refractivity contribution in [3.8, 4) is 17.1 Å². The summed E-state index contributed by atoms with van der Waals surface area (Å²) >= 11 is 12.6. The summed E-state index contributed by atoms with van der Waals surface area (Å²) in [5.41, 5.74) is 8.70. The normalized spacial score (nSPS) is 22.2. The Morgan fingerprint density at radius 1 is 1.28 bits per heavy atom. The summed E-state index contributed by atoms with van der Waals surface area (Å²) in [5, 5.41) is 10.4. The summed E-state index contributed by atoms with van der Waals surface area (Å²) in [5.74, 6) is 1.01. The third-order valence-corrected chi connectivity index (χ3v) is 7.29. The number of aromatic nitrogens is 3. The van der Waals surface area contributed by atoms with Gasteiger partial charge in [0, 0.05) is 36.2 Å². The number of methoxy groups -OCH3 is 1. The lowest BCUT2D eigenvalue weighted by molar-refractivity contribution is 0.0973. The van der Waals surface area contributed by atoms with Crippen LogP contribution in [0.2, 0.25) is 10.2 Å². The van der Waals surface area contributed by atoms with Crippen molar-refractivity contribution in [2.75, 3.05) is 31.7 Å². The van der Waals surface area contributed by atoms with E-state index in [1.165, 1.54) is 7.11 Å². The Balaban J connectivity index is 0.00000289. The van der Waals surface area contributed by atoms with Gasteiger partial charge in [0.25, 0.3) is 0 Å². The van der Waals surface area contributed by atoms with E-state index < -0.39 is 0 Å². The molecular weight excluding hydrogens is 453 g/mol. The summed E-state index contributed by atoms with van der Waals surface area (Å²) in [4.78, 5) is 15.7. The van der Waals surface area contributed by atoms with Crippen molar-refractivity contribution < 1.29 is 14.6 Å². The molecule has 32 heavy (non-hydrogen) atoms. The number of aliphatic hydroxyl groups is 1. The first-order valence-electron chi connectivity index (χ1n) is 10.3. The number of hydrogen-bond donors (Lipinski definition) is 2. The van der Waals surface area contributed by atoms with Crippen LogP contribution in [0, 0.1) is 12.3 Å². The minimum Gasteiger partial charge on any atom is -0.481 e. The molecule has 10 heteroatoms. The van der Waals surface area contributed by atoms with Crippen molar-refractivity contribution in [1.82, 2.24) is 15.0 Å². The fraction of sp³-hybridized carbons (Fsp3) is 0.591. The molecule has 3 N–H and O–H groups in total. The average molecular weight is 484 g/mol. The highest BCUT2D eigenvalue weighted by Gasteiger charge is 2.47. The van der Waals surface area contributed by atoms with E-state index in [1.54, 1.807) is 6.07 Å². The first kappa shape index (κ1) is 24.9. The van der Waals surface area contributed by atoms with E-state index in [0.29, 0.717) is 40.9 Å². The Morgan fingerprint density at radius 3 is 2.53 bits per heavy atom. The monoisotopic (exact) mass is 483 g/mol. The number of ether oxygens (including phenoxy) is 2. The lowest BCUT2D eigenvalue weighted by Gasteiger charge is -2.42. The van der Waals surface area contributed by atoms with Crippen molar-refractivity contribution in [3.05, 3.63) is 27.6 Å². The van der Waals surface area contributed by atoms with Crippen LogP contribution in [-0.2, 0) is 11.3 Å². The maximum absolute atomic E-state index is 10.1. The zero-order valence-electron chi connectivity index (χ0n) is 17.9. The number of aryl methyl sites for hydroxylation is 1. The van der Waals surface area contributed by atoms with Gasteiger partial charge in [-0.15, -0.1) is 0 Å². The lowest BCUT2D eigenvalue weighted by Crippen LogP contribution is -2.51. The third kappa shape index (κ3) is 4.26. The molecule has 0 aromatic carbocycles. The number of rotatable bonds is 4. The maximum Gasteiger partial charge on any atom is 0.215 e. The van der Waals surface area contributed by atoms with E-state index in [0.717, 1.165) is 25.9 Å². The van der Waals surface area contributed by atoms with Gasteiger partial charge < -0.3 is 25.2 Å². The molecule has 2 aromatic heterocycles. The molecule has 2 aliphatic rings. The molecule has 2 aromatic rings. The molecule has 2 aliphatic heterocycles. The molecule has 8 nitrogen and oxygen atoms in total. The summed E-state index contributed by atoms with van der Waals surface area (Å²) < 4.78 is 11.0. The minimum atomic E-state index is -0.246. The van der Waals surface area contributed by atoms with Gasteiger partial charge in [-0.3, -0.25) is 0 Å². The molecule has 2 fully saturated rings. The highest BCUT2D eigenvalue weighted by atomic mass is 35.5.